The van der Waals surface area contributed by atoms with Crippen LogP contribution in [0, 0.1) is 5.92 Å². The molecular formula is C16H17NO3. The number of hydrogen-bond donors (Lipinski definition) is 2. The van der Waals surface area contributed by atoms with E-state index in [0.29, 0.717) is 18.5 Å². The standard InChI is InChI=1S/C16H17NO3/c1-11(16(19)20)9-10-17-15(18)14-8-4-6-12-5-2-3-7-13(12)14/h2-8,11H,9-10H2,1H3,(H,17,18)(H,19,20). The smallest absolute Gasteiger partial charge is 0.306 e. The summed E-state index contributed by atoms with van der Waals surface area (Å²) in [4.78, 5) is 22.9. The molecule has 0 saturated carbocycles. The first-order valence-electron chi connectivity index (χ1n) is 6.58. The zero-order valence-electron chi connectivity index (χ0n) is 11.3. The molecule has 0 aliphatic heterocycles. The van der Waals surface area contributed by atoms with E-state index in [1.165, 1.54) is 0 Å². The number of carbonyl (C=O) groups excluding carboxylic acids is 1. The van der Waals surface area contributed by atoms with Crippen molar-refractivity contribution >= 4 is 22.6 Å². The predicted molar refractivity (Wildman–Crippen MR) is 77.7 cm³/mol. The third kappa shape index (κ3) is 3.15. The molecule has 1 amide bonds. The van der Waals surface area contributed by atoms with E-state index in [2.05, 4.69) is 5.32 Å². The quantitative estimate of drug-likeness (QED) is 0.878. The molecule has 0 fully saturated rings. The van der Waals surface area contributed by atoms with Gasteiger partial charge < -0.3 is 10.4 Å². The Morgan fingerprint density at radius 2 is 1.85 bits per heavy atom. The minimum atomic E-state index is -0.843. The molecule has 1 atom stereocenters. The fourth-order valence-corrected chi connectivity index (χ4v) is 2.04. The molecule has 2 N–H and O–H groups in total. The van der Waals surface area contributed by atoms with Crippen molar-refractivity contribution in [3.8, 4) is 0 Å². The predicted octanol–water partition coefficient (Wildman–Crippen LogP) is 2.68. The van der Waals surface area contributed by atoms with E-state index in [-0.39, 0.29) is 5.91 Å². The van der Waals surface area contributed by atoms with Gasteiger partial charge in [-0.25, -0.2) is 0 Å². The Labute approximate surface area is 117 Å². The van der Waals surface area contributed by atoms with Crippen molar-refractivity contribution in [3.05, 3.63) is 48.0 Å². The average Bonchev–Trinajstić information content (AvgIpc) is 2.46. The molecule has 2 aromatic rings. The number of carbonyl (C=O) groups is 2. The number of rotatable bonds is 5. The summed E-state index contributed by atoms with van der Waals surface area (Å²) < 4.78 is 0. The van der Waals surface area contributed by atoms with Crippen LogP contribution in [0.3, 0.4) is 0 Å². The van der Waals surface area contributed by atoms with Gasteiger partial charge in [0.05, 0.1) is 5.92 Å². The summed E-state index contributed by atoms with van der Waals surface area (Å²) in [7, 11) is 0. The molecule has 0 aromatic heterocycles. The molecule has 0 aliphatic rings. The molecule has 0 bridgehead atoms. The Balaban J connectivity index is 2.06. The summed E-state index contributed by atoms with van der Waals surface area (Å²) in [5.74, 6) is -1.47. The second kappa shape index (κ2) is 6.19. The minimum Gasteiger partial charge on any atom is -0.481 e. The van der Waals surface area contributed by atoms with Gasteiger partial charge in [-0.15, -0.1) is 0 Å². The van der Waals surface area contributed by atoms with Crippen LogP contribution < -0.4 is 5.32 Å². The normalized spacial score (nSPS) is 12.1. The molecule has 0 saturated heterocycles. The van der Waals surface area contributed by atoms with Crippen molar-refractivity contribution in [3.63, 3.8) is 0 Å². The van der Waals surface area contributed by atoms with Crippen LogP contribution in [-0.2, 0) is 4.79 Å². The van der Waals surface area contributed by atoms with Crippen molar-refractivity contribution in [2.24, 2.45) is 5.92 Å². The highest BCUT2D eigenvalue weighted by molar-refractivity contribution is 6.06. The van der Waals surface area contributed by atoms with E-state index in [1.807, 2.05) is 36.4 Å². The summed E-state index contributed by atoms with van der Waals surface area (Å²) in [5, 5.41) is 13.5. The van der Waals surface area contributed by atoms with Gasteiger partial charge in [-0.3, -0.25) is 9.59 Å². The molecule has 2 aromatic carbocycles. The summed E-state index contributed by atoms with van der Waals surface area (Å²) >= 11 is 0. The molecule has 0 radical (unpaired) electrons. The zero-order valence-corrected chi connectivity index (χ0v) is 11.3. The molecule has 0 spiro atoms. The fourth-order valence-electron chi connectivity index (χ4n) is 2.04. The number of fused-ring (bicyclic) bond motifs is 1. The van der Waals surface area contributed by atoms with Crippen LogP contribution in [0.1, 0.15) is 23.7 Å². The topological polar surface area (TPSA) is 66.4 Å². The Morgan fingerprint density at radius 3 is 2.60 bits per heavy atom. The van der Waals surface area contributed by atoms with Crippen molar-refractivity contribution in [1.29, 1.82) is 0 Å². The molecule has 2 rings (SSSR count). The van der Waals surface area contributed by atoms with Gasteiger partial charge in [0.25, 0.3) is 5.91 Å². The van der Waals surface area contributed by atoms with Gasteiger partial charge in [0, 0.05) is 12.1 Å². The van der Waals surface area contributed by atoms with Crippen LogP contribution in [0.15, 0.2) is 42.5 Å². The van der Waals surface area contributed by atoms with Gasteiger partial charge in [0.1, 0.15) is 0 Å². The first-order valence-corrected chi connectivity index (χ1v) is 6.58. The molecule has 1 unspecified atom stereocenters. The molecule has 104 valence electrons. The van der Waals surface area contributed by atoms with Gasteiger partial charge in [-0.1, -0.05) is 43.3 Å². The Hall–Kier alpha value is -2.36. The van der Waals surface area contributed by atoms with Gasteiger partial charge in [-0.05, 0) is 23.3 Å². The van der Waals surface area contributed by atoms with Crippen LogP contribution in [0.5, 0.6) is 0 Å². The van der Waals surface area contributed by atoms with Gasteiger partial charge in [0.15, 0.2) is 0 Å². The molecule has 0 heterocycles. The maximum atomic E-state index is 12.2. The minimum absolute atomic E-state index is 0.167. The van der Waals surface area contributed by atoms with Crippen molar-refractivity contribution in [1.82, 2.24) is 5.32 Å². The summed E-state index contributed by atoms with van der Waals surface area (Å²) in [6, 6.07) is 13.3. The second-order valence-electron chi connectivity index (χ2n) is 4.81. The zero-order chi connectivity index (χ0) is 14.5. The highest BCUT2D eigenvalue weighted by atomic mass is 16.4. The van der Waals surface area contributed by atoms with E-state index >= 15 is 0 Å². The Bertz CT molecular complexity index is 631. The highest BCUT2D eigenvalue weighted by Crippen LogP contribution is 2.18. The third-order valence-electron chi connectivity index (χ3n) is 3.32. The third-order valence-corrected chi connectivity index (χ3v) is 3.32. The first-order chi connectivity index (χ1) is 9.59. The van der Waals surface area contributed by atoms with Gasteiger partial charge >= 0.3 is 5.97 Å². The van der Waals surface area contributed by atoms with Crippen molar-refractivity contribution < 1.29 is 14.7 Å². The molecule has 20 heavy (non-hydrogen) atoms. The van der Waals surface area contributed by atoms with Crippen LogP contribution in [0.25, 0.3) is 10.8 Å². The Kier molecular flexibility index (Phi) is 4.35. The van der Waals surface area contributed by atoms with Gasteiger partial charge in [0.2, 0.25) is 0 Å². The largest absolute Gasteiger partial charge is 0.481 e. The number of aliphatic carboxylic acids is 1. The SMILES string of the molecule is CC(CCNC(=O)c1cccc2ccccc12)C(=O)O. The monoisotopic (exact) mass is 271 g/mol. The number of benzene rings is 2. The summed E-state index contributed by atoms with van der Waals surface area (Å²) in [6.45, 7) is 1.99. The number of carboxylic acids is 1. The molecule has 4 heteroatoms. The second-order valence-corrected chi connectivity index (χ2v) is 4.81. The first kappa shape index (κ1) is 14.1. The molecular weight excluding hydrogens is 254 g/mol. The van der Waals surface area contributed by atoms with Crippen LogP contribution in [-0.4, -0.2) is 23.5 Å². The van der Waals surface area contributed by atoms with Crippen LogP contribution in [0.2, 0.25) is 0 Å². The van der Waals surface area contributed by atoms with E-state index in [0.717, 1.165) is 10.8 Å². The lowest BCUT2D eigenvalue weighted by atomic mass is 10.0. The summed E-state index contributed by atoms with van der Waals surface area (Å²) in [6.07, 6.45) is 0.422. The number of amides is 1. The molecule has 4 nitrogen and oxygen atoms in total. The van der Waals surface area contributed by atoms with Crippen molar-refractivity contribution in [2.75, 3.05) is 6.54 Å². The van der Waals surface area contributed by atoms with Crippen LogP contribution in [0.4, 0.5) is 0 Å². The van der Waals surface area contributed by atoms with Gasteiger partial charge in [-0.2, -0.15) is 0 Å². The lowest BCUT2D eigenvalue weighted by Crippen LogP contribution is -2.27. The highest BCUT2D eigenvalue weighted by Gasteiger charge is 2.12. The van der Waals surface area contributed by atoms with E-state index in [9.17, 15) is 9.59 Å². The van der Waals surface area contributed by atoms with Crippen molar-refractivity contribution in [2.45, 2.75) is 13.3 Å². The summed E-state index contributed by atoms with van der Waals surface area (Å²) in [5.41, 5.74) is 0.617. The maximum absolute atomic E-state index is 12.2. The van der Waals surface area contributed by atoms with E-state index < -0.39 is 11.9 Å². The maximum Gasteiger partial charge on any atom is 0.306 e. The lowest BCUT2D eigenvalue weighted by molar-refractivity contribution is -0.141. The molecule has 0 aliphatic carbocycles. The van der Waals surface area contributed by atoms with E-state index in [1.54, 1.807) is 13.0 Å². The Morgan fingerprint density at radius 1 is 1.15 bits per heavy atom. The van der Waals surface area contributed by atoms with E-state index in [4.69, 9.17) is 5.11 Å². The number of hydrogen-bond acceptors (Lipinski definition) is 2. The van der Waals surface area contributed by atoms with Crippen LogP contribution >= 0.6 is 0 Å². The number of carboxylic acid groups (broad SMARTS) is 1. The average molecular weight is 271 g/mol. The fraction of sp³-hybridized carbons (Fsp3) is 0.250. The number of nitrogens with one attached hydrogen (secondary N) is 1. The lowest BCUT2D eigenvalue weighted by Gasteiger charge is -2.09.